The third kappa shape index (κ3) is 4.98. The molecule has 3 rings (SSSR count). The number of carbonyl (C=O) groups is 2. The molecule has 0 aliphatic carbocycles. The van der Waals surface area contributed by atoms with Crippen LogP contribution in [0.5, 0.6) is 0 Å². The Morgan fingerprint density at radius 2 is 2.07 bits per heavy atom. The van der Waals surface area contributed by atoms with Gasteiger partial charge in [-0.2, -0.15) is 0 Å². The molecule has 8 heteroatoms. The van der Waals surface area contributed by atoms with Crippen molar-refractivity contribution in [1.29, 1.82) is 0 Å². The maximum Gasteiger partial charge on any atom is 0.252 e. The topological polar surface area (TPSA) is 76.0 Å². The van der Waals surface area contributed by atoms with Gasteiger partial charge in [-0.25, -0.2) is 4.98 Å². The van der Waals surface area contributed by atoms with Gasteiger partial charge in [-0.1, -0.05) is 29.8 Å². The molecule has 0 radical (unpaired) electrons. The highest BCUT2D eigenvalue weighted by atomic mass is 35.5. The molecule has 6 nitrogen and oxygen atoms in total. The monoisotopic (exact) mass is 442 g/mol. The van der Waals surface area contributed by atoms with Gasteiger partial charge >= 0.3 is 0 Å². The zero-order valence-electron chi connectivity index (χ0n) is 16.9. The van der Waals surface area contributed by atoms with Crippen LogP contribution in [0, 0.1) is 13.8 Å². The minimum Gasteiger partial charge on any atom is -0.351 e. The third-order valence-electron chi connectivity index (χ3n) is 4.67. The van der Waals surface area contributed by atoms with Gasteiger partial charge in [0.1, 0.15) is 0 Å². The number of thiazole rings is 1. The summed E-state index contributed by atoms with van der Waals surface area (Å²) < 4.78 is 2.17. The first-order chi connectivity index (χ1) is 14.4. The number of nitrogens with one attached hydrogen (secondary N) is 2. The van der Waals surface area contributed by atoms with Crippen LogP contribution < -0.4 is 10.6 Å². The molecule has 2 aromatic heterocycles. The zero-order chi connectivity index (χ0) is 21.7. The highest BCUT2D eigenvalue weighted by Gasteiger charge is 2.15. The number of benzene rings is 1. The van der Waals surface area contributed by atoms with Gasteiger partial charge in [-0.15, -0.1) is 17.9 Å². The van der Waals surface area contributed by atoms with Gasteiger partial charge in [0.2, 0.25) is 5.91 Å². The van der Waals surface area contributed by atoms with Gasteiger partial charge in [0.05, 0.1) is 16.3 Å². The summed E-state index contributed by atoms with van der Waals surface area (Å²) in [4.78, 5) is 28.9. The van der Waals surface area contributed by atoms with Crippen molar-refractivity contribution in [2.75, 3.05) is 11.9 Å². The van der Waals surface area contributed by atoms with E-state index in [1.54, 1.807) is 24.3 Å². The van der Waals surface area contributed by atoms with Crippen molar-refractivity contribution in [1.82, 2.24) is 14.9 Å². The van der Waals surface area contributed by atoms with Crippen molar-refractivity contribution in [3.63, 3.8) is 0 Å². The van der Waals surface area contributed by atoms with E-state index in [0.29, 0.717) is 15.7 Å². The first-order valence-electron chi connectivity index (χ1n) is 9.46. The van der Waals surface area contributed by atoms with Crippen molar-refractivity contribution < 1.29 is 9.59 Å². The van der Waals surface area contributed by atoms with Crippen LogP contribution in [-0.4, -0.2) is 27.9 Å². The Hall–Kier alpha value is -2.90. The molecule has 0 aliphatic rings. The van der Waals surface area contributed by atoms with E-state index in [4.69, 9.17) is 11.6 Å². The number of hydrogen-bond acceptors (Lipinski definition) is 4. The molecule has 0 aliphatic heterocycles. The molecule has 3 aromatic rings. The molecule has 0 saturated heterocycles. The van der Waals surface area contributed by atoms with Crippen LogP contribution in [0.4, 0.5) is 5.13 Å². The van der Waals surface area contributed by atoms with E-state index in [1.165, 1.54) is 11.3 Å². The number of aromatic nitrogens is 2. The highest BCUT2D eigenvalue weighted by Crippen LogP contribution is 2.30. The van der Waals surface area contributed by atoms with Crippen molar-refractivity contribution in [2.24, 2.45) is 0 Å². The summed E-state index contributed by atoms with van der Waals surface area (Å²) in [6, 6.07) is 8.87. The lowest BCUT2D eigenvalue weighted by Gasteiger charge is -2.06. The van der Waals surface area contributed by atoms with Crippen LogP contribution in [0.25, 0.3) is 11.3 Å². The molecule has 0 saturated carbocycles. The SMILES string of the molecule is C=CCn1c(C)cc(-c2csc(NC(=O)CCNC(=O)c3ccccc3Cl)n2)c1C. The molecule has 156 valence electrons. The van der Waals surface area contributed by atoms with Crippen LogP contribution in [-0.2, 0) is 11.3 Å². The molecule has 0 fully saturated rings. The minimum atomic E-state index is -0.306. The Morgan fingerprint density at radius 3 is 2.80 bits per heavy atom. The molecule has 2 N–H and O–H groups in total. The van der Waals surface area contributed by atoms with E-state index in [1.807, 2.05) is 25.3 Å². The fourth-order valence-corrected chi connectivity index (χ4v) is 4.09. The lowest BCUT2D eigenvalue weighted by atomic mass is 10.2. The van der Waals surface area contributed by atoms with Gasteiger partial charge in [-0.05, 0) is 32.0 Å². The number of anilines is 1. The van der Waals surface area contributed by atoms with Crippen LogP contribution in [0.3, 0.4) is 0 Å². The van der Waals surface area contributed by atoms with Crippen LogP contribution >= 0.6 is 22.9 Å². The third-order valence-corrected chi connectivity index (χ3v) is 5.76. The summed E-state index contributed by atoms with van der Waals surface area (Å²) in [7, 11) is 0. The van der Waals surface area contributed by atoms with Crippen LogP contribution in [0.1, 0.15) is 28.2 Å². The van der Waals surface area contributed by atoms with E-state index in [9.17, 15) is 9.59 Å². The second kappa shape index (κ2) is 9.73. The molecule has 0 atom stereocenters. The van der Waals surface area contributed by atoms with Crippen LogP contribution in [0.2, 0.25) is 5.02 Å². The number of aryl methyl sites for hydroxylation is 1. The maximum absolute atomic E-state index is 12.2. The smallest absolute Gasteiger partial charge is 0.252 e. The fourth-order valence-electron chi connectivity index (χ4n) is 3.14. The average molecular weight is 443 g/mol. The van der Waals surface area contributed by atoms with Gasteiger partial charge in [0.25, 0.3) is 5.91 Å². The summed E-state index contributed by atoms with van der Waals surface area (Å²) in [5.41, 5.74) is 4.50. The van der Waals surface area contributed by atoms with Crippen LogP contribution in [0.15, 0.2) is 48.4 Å². The summed E-state index contributed by atoms with van der Waals surface area (Å²) >= 11 is 7.38. The molecule has 1 aromatic carbocycles. The molecule has 2 heterocycles. The fraction of sp³-hybridized carbons (Fsp3) is 0.227. The zero-order valence-corrected chi connectivity index (χ0v) is 18.4. The number of rotatable bonds is 8. The van der Waals surface area contributed by atoms with Gasteiger partial charge in [0, 0.05) is 41.8 Å². The molecule has 30 heavy (non-hydrogen) atoms. The van der Waals surface area contributed by atoms with E-state index in [0.717, 1.165) is 29.2 Å². The Morgan fingerprint density at radius 1 is 1.30 bits per heavy atom. The number of allylic oxidation sites excluding steroid dienone is 1. The normalized spacial score (nSPS) is 10.6. The predicted octanol–water partition coefficient (Wildman–Crippen LogP) is 4.83. The molecule has 0 bridgehead atoms. The number of amides is 2. The van der Waals surface area contributed by atoms with Gasteiger partial charge in [0.15, 0.2) is 5.13 Å². The van der Waals surface area contributed by atoms with E-state index < -0.39 is 0 Å². The lowest BCUT2D eigenvalue weighted by Crippen LogP contribution is -2.27. The van der Waals surface area contributed by atoms with Crippen molar-refractivity contribution in [3.8, 4) is 11.3 Å². The van der Waals surface area contributed by atoms with Gasteiger partial charge < -0.3 is 15.2 Å². The van der Waals surface area contributed by atoms with Crippen molar-refractivity contribution in [2.45, 2.75) is 26.8 Å². The first-order valence-corrected chi connectivity index (χ1v) is 10.7. The first kappa shape index (κ1) is 21.8. The molecular weight excluding hydrogens is 420 g/mol. The number of nitrogens with zero attached hydrogens (tertiary/aromatic N) is 2. The largest absolute Gasteiger partial charge is 0.351 e. The van der Waals surface area contributed by atoms with E-state index >= 15 is 0 Å². The van der Waals surface area contributed by atoms with Gasteiger partial charge in [-0.3, -0.25) is 9.59 Å². The second-order valence-corrected chi connectivity index (χ2v) is 8.02. The second-order valence-electron chi connectivity index (χ2n) is 6.76. The summed E-state index contributed by atoms with van der Waals surface area (Å²) in [6.07, 6.45) is 2.00. The quantitative estimate of drug-likeness (QED) is 0.491. The Kier molecular flexibility index (Phi) is 7.07. The van der Waals surface area contributed by atoms with E-state index in [2.05, 4.69) is 32.8 Å². The Labute approximate surface area is 184 Å². The van der Waals surface area contributed by atoms with E-state index in [-0.39, 0.29) is 24.8 Å². The summed E-state index contributed by atoms with van der Waals surface area (Å²) in [5.74, 6) is -0.521. The number of hydrogen-bond donors (Lipinski definition) is 2. The molecule has 0 spiro atoms. The Bertz CT molecular complexity index is 1090. The summed E-state index contributed by atoms with van der Waals surface area (Å²) in [5, 5.41) is 8.33. The number of halogens is 1. The lowest BCUT2D eigenvalue weighted by molar-refractivity contribution is -0.116. The molecule has 2 amide bonds. The predicted molar refractivity (Wildman–Crippen MR) is 122 cm³/mol. The van der Waals surface area contributed by atoms with Crippen molar-refractivity contribution in [3.05, 3.63) is 70.3 Å². The Balaban J connectivity index is 1.55. The average Bonchev–Trinajstić information content (AvgIpc) is 3.28. The number of carbonyl (C=O) groups excluding carboxylic acids is 2. The standard InChI is InChI=1S/C22H23ClN4O2S/c1-4-11-27-14(2)12-17(15(27)3)19-13-30-22(25-19)26-20(28)9-10-24-21(29)16-7-5-6-8-18(16)23/h4-8,12-13H,1,9-11H2,2-3H3,(H,24,29)(H,25,26,28). The molecule has 0 unspecified atom stereocenters. The molecular formula is C22H23ClN4O2S. The minimum absolute atomic E-state index is 0.138. The van der Waals surface area contributed by atoms with Crippen molar-refractivity contribution >= 4 is 39.9 Å². The maximum atomic E-state index is 12.2. The highest BCUT2D eigenvalue weighted by molar-refractivity contribution is 7.14. The summed E-state index contributed by atoms with van der Waals surface area (Å²) in [6.45, 7) is 8.84.